The molecule has 2 aromatic heterocycles. The minimum atomic E-state index is -1.10. The van der Waals surface area contributed by atoms with Crippen molar-refractivity contribution in [3.8, 4) is 22.5 Å². The average molecular weight is 380 g/mol. The van der Waals surface area contributed by atoms with Gasteiger partial charge in [-0.3, -0.25) is 8.61 Å². The average Bonchev–Trinajstić information content (AvgIpc) is 3.06. The van der Waals surface area contributed by atoms with Crippen LogP contribution >= 0.6 is 0 Å². The van der Waals surface area contributed by atoms with Gasteiger partial charge in [0.2, 0.25) is 0 Å². The Morgan fingerprint density at radius 2 is 1.93 bits per heavy atom. The third-order valence-electron chi connectivity index (χ3n) is 4.48. The van der Waals surface area contributed by atoms with Crippen LogP contribution in [0.25, 0.3) is 28.2 Å². The van der Waals surface area contributed by atoms with Crippen molar-refractivity contribution in [2.75, 3.05) is 12.0 Å². The maximum absolute atomic E-state index is 14.2. The molecule has 27 heavy (non-hydrogen) atoms. The van der Waals surface area contributed by atoms with E-state index in [1.54, 1.807) is 41.2 Å². The second kappa shape index (κ2) is 6.59. The van der Waals surface area contributed by atoms with Crippen molar-refractivity contribution in [1.82, 2.24) is 14.4 Å². The van der Waals surface area contributed by atoms with E-state index in [0.717, 1.165) is 21.7 Å². The molecule has 0 saturated heterocycles. The van der Waals surface area contributed by atoms with Crippen LogP contribution in [0.3, 0.4) is 0 Å². The van der Waals surface area contributed by atoms with E-state index >= 15 is 0 Å². The normalized spacial score (nSPS) is 12.4. The minimum absolute atomic E-state index is 0.217. The molecule has 5 nitrogen and oxygen atoms in total. The summed E-state index contributed by atoms with van der Waals surface area (Å²) in [5.41, 5.74) is 10.0. The number of imidazole rings is 1. The number of nitrogens with zero attached hydrogens (tertiary/aromatic N) is 3. The van der Waals surface area contributed by atoms with Crippen LogP contribution in [0.2, 0.25) is 0 Å². The monoisotopic (exact) mass is 380 g/mol. The molecule has 0 aliphatic rings. The third kappa shape index (κ3) is 3.00. The van der Waals surface area contributed by atoms with Crippen LogP contribution in [0.1, 0.15) is 5.56 Å². The van der Waals surface area contributed by atoms with Gasteiger partial charge in [0.25, 0.3) is 0 Å². The lowest BCUT2D eigenvalue weighted by molar-refractivity contribution is 0.630. The van der Waals surface area contributed by atoms with E-state index in [4.69, 9.17) is 5.73 Å². The summed E-state index contributed by atoms with van der Waals surface area (Å²) in [6, 6.07) is 12.1. The third-order valence-corrected chi connectivity index (χ3v) is 5.40. The minimum Gasteiger partial charge on any atom is -0.381 e. The number of aromatic nitrogens is 3. The number of fused-ring (bicyclic) bond motifs is 1. The molecule has 4 aromatic rings. The topological polar surface area (TPSA) is 73.3 Å². The number of halogens is 1. The van der Waals surface area contributed by atoms with Crippen molar-refractivity contribution in [3.63, 3.8) is 0 Å². The summed E-state index contributed by atoms with van der Waals surface area (Å²) >= 11 is 0. The van der Waals surface area contributed by atoms with E-state index < -0.39 is 10.8 Å². The molecule has 0 radical (unpaired) electrons. The molecule has 0 aliphatic carbocycles. The number of rotatable bonds is 3. The summed E-state index contributed by atoms with van der Waals surface area (Å²) in [5, 5.41) is 0. The van der Waals surface area contributed by atoms with Gasteiger partial charge < -0.3 is 5.73 Å². The highest BCUT2D eigenvalue weighted by atomic mass is 32.2. The van der Waals surface area contributed by atoms with Crippen molar-refractivity contribution in [1.29, 1.82) is 0 Å². The Kier molecular flexibility index (Phi) is 4.24. The van der Waals surface area contributed by atoms with Gasteiger partial charge in [0.15, 0.2) is 11.5 Å². The van der Waals surface area contributed by atoms with Crippen molar-refractivity contribution in [2.24, 2.45) is 0 Å². The SMILES string of the molecule is Cc1ccc(S(C)=O)cc1-c1cnc2c(N)nc(-c3ccccc3F)cn12. The van der Waals surface area contributed by atoms with Crippen LogP contribution in [0, 0.1) is 12.7 Å². The smallest absolute Gasteiger partial charge is 0.180 e. The van der Waals surface area contributed by atoms with Gasteiger partial charge in [-0.25, -0.2) is 14.4 Å². The van der Waals surface area contributed by atoms with Crippen LogP contribution in [0.4, 0.5) is 10.2 Å². The van der Waals surface area contributed by atoms with E-state index in [1.807, 2.05) is 25.1 Å². The fraction of sp³-hybridized carbons (Fsp3) is 0.100. The predicted octanol–water partition coefficient (Wildman–Crippen LogP) is 3.83. The summed E-state index contributed by atoms with van der Waals surface area (Å²) in [4.78, 5) is 9.41. The molecule has 1 unspecified atom stereocenters. The number of hydrogen-bond acceptors (Lipinski definition) is 4. The predicted molar refractivity (Wildman–Crippen MR) is 105 cm³/mol. The molecule has 136 valence electrons. The molecule has 2 aromatic carbocycles. The summed E-state index contributed by atoms with van der Waals surface area (Å²) < 4.78 is 27.9. The highest BCUT2D eigenvalue weighted by Crippen LogP contribution is 2.30. The van der Waals surface area contributed by atoms with Gasteiger partial charge in [0, 0.05) is 39.3 Å². The highest BCUT2D eigenvalue weighted by molar-refractivity contribution is 7.84. The number of anilines is 1. The van der Waals surface area contributed by atoms with Gasteiger partial charge in [0.1, 0.15) is 5.82 Å². The maximum Gasteiger partial charge on any atom is 0.180 e. The Morgan fingerprint density at radius 1 is 1.15 bits per heavy atom. The lowest BCUT2D eigenvalue weighted by Crippen LogP contribution is -2.01. The molecule has 0 aliphatic heterocycles. The number of nitrogens with two attached hydrogens (primary N) is 1. The molecule has 2 heterocycles. The summed E-state index contributed by atoms with van der Waals surface area (Å²) in [6.45, 7) is 1.97. The summed E-state index contributed by atoms with van der Waals surface area (Å²) in [6.07, 6.45) is 5.06. The molecule has 0 fully saturated rings. The first kappa shape index (κ1) is 17.4. The first-order valence-electron chi connectivity index (χ1n) is 8.28. The second-order valence-corrected chi connectivity index (χ2v) is 7.64. The number of benzene rings is 2. The fourth-order valence-electron chi connectivity index (χ4n) is 3.07. The lowest BCUT2D eigenvalue weighted by atomic mass is 10.1. The van der Waals surface area contributed by atoms with Crippen LogP contribution in [-0.4, -0.2) is 24.8 Å². The molecule has 4 rings (SSSR count). The van der Waals surface area contributed by atoms with Crippen molar-refractivity contribution < 1.29 is 8.60 Å². The number of aryl methyl sites for hydroxylation is 1. The lowest BCUT2D eigenvalue weighted by Gasteiger charge is -2.10. The molecule has 0 bridgehead atoms. The van der Waals surface area contributed by atoms with E-state index in [9.17, 15) is 8.60 Å². The van der Waals surface area contributed by atoms with Gasteiger partial charge in [0.05, 0.1) is 17.6 Å². The van der Waals surface area contributed by atoms with E-state index in [-0.39, 0.29) is 11.6 Å². The van der Waals surface area contributed by atoms with Crippen molar-refractivity contribution in [3.05, 3.63) is 66.2 Å². The summed E-state index contributed by atoms with van der Waals surface area (Å²) in [5.74, 6) is -0.153. The van der Waals surface area contributed by atoms with Crippen LogP contribution in [0.5, 0.6) is 0 Å². The van der Waals surface area contributed by atoms with Crippen LogP contribution < -0.4 is 5.73 Å². The first-order valence-corrected chi connectivity index (χ1v) is 9.84. The zero-order valence-electron chi connectivity index (χ0n) is 14.8. The molecule has 0 amide bonds. The standard InChI is InChI=1S/C20H17FN4OS/c1-12-7-8-13(27(2)26)9-15(12)18-10-23-20-19(22)24-17(11-25(18)20)14-5-3-4-6-16(14)21/h3-11H,1-2H3,(H2,22,24). The van der Waals surface area contributed by atoms with Crippen LogP contribution in [-0.2, 0) is 10.8 Å². The van der Waals surface area contributed by atoms with Crippen molar-refractivity contribution >= 4 is 22.3 Å². The quantitative estimate of drug-likeness (QED) is 0.586. The highest BCUT2D eigenvalue weighted by Gasteiger charge is 2.15. The summed E-state index contributed by atoms with van der Waals surface area (Å²) in [7, 11) is -1.10. The molecular formula is C20H17FN4OS. The Labute approximate surface area is 158 Å². The maximum atomic E-state index is 14.2. The first-order chi connectivity index (χ1) is 13.0. The molecule has 2 N–H and O–H groups in total. The molecule has 7 heteroatoms. The van der Waals surface area contributed by atoms with E-state index in [2.05, 4.69) is 9.97 Å². The Morgan fingerprint density at radius 3 is 2.67 bits per heavy atom. The number of hydrogen-bond donors (Lipinski definition) is 1. The van der Waals surface area contributed by atoms with Crippen molar-refractivity contribution in [2.45, 2.75) is 11.8 Å². The molecule has 0 spiro atoms. The van der Waals surface area contributed by atoms with Gasteiger partial charge in [-0.1, -0.05) is 18.2 Å². The van der Waals surface area contributed by atoms with Gasteiger partial charge in [-0.2, -0.15) is 0 Å². The molecule has 0 saturated carbocycles. The van der Waals surface area contributed by atoms with Gasteiger partial charge in [-0.15, -0.1) is 0 Å². The van der Waals surface area contributed by atoms with Crippen LogP contribution in [0.15, 0.2) is 59.8 Å². The Bertz CT molecular complexity index is 1200. The van der Waals surface area contributed by atoms with E-state index in [0.29, 0.717) is 16.9 Å². The largest absolute Gasteiger partial charge is 0.381 e. The molecule has 1 atom stereocenters. The second-order valence-electron chi connectivity index (χ2n) is 6.26. The zero-order chi connectivity index (χ0) is 19.1. The Hall–Kier alpha value is -3.06. The molecular weight excluding hydrogens is 363 g/mol. The Balaban J connectivity index is 1.98. The van der Waals surface area contributed by atoms with Gasteiger partial charge in [-0.05, 0) is 36.8 Å². The number of nitrogen functional groups attached to an aromatic ring is 1. The van der Waals surface area contributed by atoms with E-state index in [1.165, 1.54) is 6.07 Å². The zero-order valence-corrected chi connectivity index (χ0v) is 15.6. The van der Waals surface area contributed by atoms with Gasteiger partial charge >= 0.3 is 0 Å². The fourth-order valence-corrected chi connectivity index (χ4v) is 3.61.